The number of aromatic nitrogens is 2. The number of halogens is 1. The second-order valence-electron chi connectivity index (χ2n) is 3.44. The van der Waals surface area contributed by atoms with Crippen LogP contribution < -0.4 is 0 Å². The molecule has 2 rings (SSSR count). The van der Waals surface area contributed by atoms with Crippen molar-refractivity contribution in [2.45, 2.75) is 19.8 Å². The summed E-state index contributed by atoms with van der Waals surface area (Å²) in [5.41, 5.74) is 2.62. The van der Waals surface area contributed by atoms with Gasteiger partial charge in [-0.15, -0.1) is 0 Å². The van der Waals surface area contributed by atoms with Crippen molar-refractivity contribution in [3.05, 3.63) is 45.7 Å². The molecule has 0 saturated heterocycles. The van der Waals surface area contributed by atoms with E-state index in [2.05, 4.69) is 40.5 Å². The molecule has 4 heteroatoms. The molecule has 0 saturated carbocycles. The van der Waals surface area contributed by atoms with Gasteiger partial charge in [0.15, 0.2) is 0 Å². The zero-order valence-corrected chi connectivity index (χ0v) is 9.98. The van der Waals surface area contributed by atoms with Crippen LogP contribution in [0.1, 0.15) is 16.1 Å². The minimum Gasteiger partial charge on any atom is -0.210 e. The topological polar surface area (TPSA) is 25.8 Å². The monoisotopic (exact) mass is 238 g/mol. The van der Waals surface area contributed by atoms with E-state index in [1.807, 2.05) is 0 Å². The summed E-state index contributed by atoms with van der Waals surface area (Å²) < 4.78 is 3.94. The highest BCUT2D eigenvalue weighted by atomic mass is 35.5. The Bertz CT molecular complexity index is 436. The predicted molar refractivity (Wildman–Crippen MR) is 63.5 cm³/mol. The maximum atomic E-state index is 5.65. The summed E-state index contributed by atoms with van der Waals surface area (Å²) in [6.45, 7) is 2.09. The molecule has 0 N–H and O–H groups in total. The zero-order valence-electron chi connectivity index (χ0n) is 8.40. The van der Waals surface area contributed by atoms with Gasteiger partial charge in [-0.05, 0) is 42.0 Å². The fourth-order valence-corrected chi connectivity index (χ4v) is 2.14. The van der Waals surface area contributed by atoms with Gasteiger partial charge in [-0.25, -0.2) is 4.98 Å². The summed E-state index contributed by atoms with van der Waals surface area (Å²) in [4.78, 5) is 4.12. The van der Waals surface area contributed by atoms with Crippen molar-refractivity contribution in [1.82, 2.24) is 9.36 Å². The summed E-state index contributed by atoms with van der Waals surface area (Å²) in [6.07, 6.45) is 1.90. The standard InChI is InChI=1S/C11H11ClN2S/c1-8-2-4-9(5-3-8)6-7-10-13-11(12)14-15-10/h2-5H,6-7H2,1H3. The molecule has 0 atom stereocenters. The molecule has 0 aliphatic heterocycles. The molecule has 78 valence electrons. The molecule has 2 nitrogen and oxygen atoms in total. The highest BCUT2D eigenvalue weighted by Crippen LogP contribution is 2.12. The summed E-state index contributed by atoms with van der Waals surface area (Å²) in [5.74, 6) is 0. The Morgan fingerprint density at radius 2 is 1.93 bits per heavy atom. The number of rotatable bonds is 3. The number of benzene rings is 1. The van der Waals surface area contributed by atoms with Gasteiger partial charge >= 0.3 is 0 Å². The molecule has 0 bridgehead atoms. The van der Waals surface area contributed by atoms with Crippen molar-refractivity contribution < 1.29 is 0 Å². The third-order valence-electron chi connectivity index (χ3n) is 2.19. The highest BCUT2D eigenvalue weighted by molar-refractivity contribution is 7.05. The maximum absolute atomic E-state index is 5.65. The van der Waals surface area contributed by atoms with Crippen molar-refractivity contribution in [2.24, 2.45) is 0 Å². The lowest BCUT2D eigenvalue weighted by Gasteiger charge is -1.99. The van der Waals surface area contributed by atoms with Crippen molar-refractivity contribution in [2.75, 3.05) is 0 Å². The molecule has 0 unspecified atom stereocenters. The average molecular weight is 239 g/mol. The largest absolute Gasteiger partial charge is 0.234 e. The van der Waals surface area contributed by atoms with Crippen LogP contribution in [0.2, 0.25) is 5.28 Å². The minimum atomic E-state index is 0.360. The van der Waals surface area contributed by atoms with Crippen LogP contribution in [0.15, 0.2) is 24.3 Å². The molecule has 1 heterocycles. The number of aryl methyl sites for hydroxylation is 3. The predicted octanol–water partition coefficient (Wildman–Crippen LogP) is 3.29. The second-order valence-corrected chi connectivity index (χ2v) is 4.62. The van der Waals surface area contributed by atoms with E-state index in [0.717, 1.165) is 17.8 Å². The molecule has 15 heavy (non-hydrogen) atoms. The summed E-state index contributed by atoms with van der Waals surface area (Å²) >= 11 is 7.03. The average Bonchev–Trinajstić information content (AvgIpc) is 2.64. The van der Waals surface area contributed by atoms with Gasteiger partial charge in [0.1, 0.15) is 5.01 Å². The Morgan fingerprint density at radius 3 is 2.53 bits per heavy atom. The van der Waals surface area contributed by atoms with Gasteiger partial charge in [-0.3, -0.25) is 0 Å². The first kappa shape index (κ1) is 10.6. The van der Waals surface area contributed by atoms with Crippen LogP contribution >= 0.6 is 23.1 Å². The molecule has 0 fully saturated rings. The third-order valence-corrected chi connectivity index (χ3v) is 3.23. The first-order chi connectivity index (χ1) is 7.24. The SMILES string of the molecule is Cc1ccc(CCc2nc(Cl)ns2)cc1. The quantitative estimate of drug-likeness (QED) is 0.820. The molecule has 0 aliphatic carbocycles. The van der Waals surface area contributed by atoms with Crippen LogP contribution in [0.5, 0.6) is 0 Å². The van der Waals surface area contributed by atoms with Crippen molar-refractivity contribution in [3.63, 3.8) is 0 Å². The van der Waals surface area contributed by atoms with Gasteiger partial charge < -0.3 is 0 Å². The van der Waals surface area contributed by atoms with Gasteiger partial charge in [0.25, 0.3) is 0 Å². The molecular formula is C11H11ClN2S. The van der Waals surface area contributed by atoms with Crippen LogP contribution in [0, 0.1) is 6.92 Å². The lowest BCUT2D eigenvalue weighted by atomic mass is 10.1. The Balaban J connectivity index is 1.96. The molecular weight excluding hydrogens is 228 g/mol. The van der Waals surface area contributed by atoms with E-state index in [9.17, 15) is 0 Å². The number of nitrogens with zero attached hydrogens (tertiary/aromatic N) is 2. The smallest absolute Gasteiger partial charge is 0.210 e. The molecule has 0 radical (unpaired) electrons. The Labute approximate surface area is 98.1 Å². The molecule has 1 aromatic heterocycles. The van der Waals surface area contributed by atoms with E-state index in [1.54, 1.807) is 0 Å². The van der Waals surface area contributed by atoms with E-state index in [0.29, 0.717) is 5.28 Å². The van der Waals surface area contributed by atoms with Gasteiger partial charge in [0.2, 0.25) is 5.28 Å². The molecule has 2 aromatic rings. The van der Waals surface area contributed by atoms with E-state index in [-0.39, 0.29) is 0 Å². The van der Waals surface area contributed by atoms with Gasteiger partial charge in [0, 0.05) is 6.42 Å². The lowest BCUT2D eigenvalue weighted by Crippen LogP contribution is -1.90. The molecule has 1 aromatic carbocycles. The second kappa shape index (κ2) is 4.73. The number of hydrogen-bond donors (Lipinski definition) is 0. The molecule has 0 spiro atoms. The van der Waals surface area contributed by atoms with E-state index < -0.39 is 0 Å². The van der Waals surface area contributed by atoms with Crippen LogP contribution in [0.4, 0.5) is 0 Å². The fraction of sp³-hybridized carbons (Fsp3) is 0.273. The van der Waals surface area contributed by atoms with E-state index >= 15 is 0 Å². The van der Waals surface area contributed by atoms with E-state index in [1.165, 1.54) is 22.7 Å². The third kappa shape index (κ3) is 3.01. The minimum absolute atomic E-state index is 0.360. The van der Waals surface area contributed by atoms with Gasteiger partial charge in [-0.1, -0.05) is 29.8 Å². The number of hydrogen-bond acceptors (Lipinski definition) is 3. The maximum Gasteiger partial charge on any atom is 0.234 e. The van der Waals surface area contributed by atoms with Crippen molar-refractivity contribution >= 4 is 23.1 Å². The Hall–Kier alpha value is -0.930. The van der Waals surface area contributed by atoms with Crippen LogP contribution in [0.3, 0.4) is 0 Å². The van der Waals surface area contributed by atoms with Crippen molar-refractivity contribution in [3.8, 4) is 0 Å². The van der Waals surface area contributed by atoms with Crippen LogP contribution in [0.25, 0.3) is 0 Å². The highest BCUT2D eigenvalue weighted by Gasteiger charge is 2.01. The summed E-state index contributed by atoms with van der Waals surface area (Å²) in [7, 11) is 0. The first-order valence-corrected chi connectivity index (χ1v) is 5.93. The summed E-state index contributed by atoms with van der Waals surface area (Å²) in [5, 5.41) is 1.36. The van der Waals surface area contributed by atoms with Crippen molar-refractivity contribution in [1.29, 1.82) is 0 Å². The van der Waals surface area contributed by atoms with Crippen LogP contribution in [-0.2, 0) is 12.8 Å². The van der Waals surface area contributed by atoms with Crippen LogP contribution in [-0.4, -0.2) is 9.36 Å². The van der Waals surface area contributed by atoms with Gasteiger partial charge in [-0.2, -0.15) is 4.37 Å². The first-order valence-electron chi connectivity index (χ1n) is 4.77. The fourth-order valence-electron chi connectivity index (χ4n) is 1.34. The zero-order chi connectivity index (χ0) is 10.7. The lowest BCUT2D eigenvalue weighted by molar-refractivity contribution is 0.942. The van der Waals surface area contributed by atoms with Gasteiger partial charge in [0.05, 0.1) is 0 Å². The normalized spacial score (nSPS) is 10.5. The van der Waals surface area contributed by atoms with E-state index in [4.69, 9.17) is 11.6 Å². The molecule has 0 aliphatic rings. The Morgan fingerprint density at radius 1 is 1.20 bits per heavy atom. The Kier molecular flexibility index (Phi) is 3.34. The summed E-state index contributed by atoms with van der Waals surface area (Å²) in [6, 6.07) is 8.56. The molecule has 0 amide bonds.